The Labute approximate surface area is 93.2 Å². The highest BCUT2D eigenvalue weighted by Crippen LogP contribution is 2.42. The molecule has 1 saturated heterocycles. The number of halogens is 3. The van der Waals surface area contributed by atoms with E-state index in [4.69, 9.17) is 0 Å². The van der Waals surface area contributed by atoms with Gasteiger partial charge < -0.3 is 9.84 Å². The zero-order chi connectivity index (χ0) is 12.8. The van der Waals surface area contributed by atoms with Crippen LogP contribution in [0.15, 0.2) is 0 Å². The van der Waals surface area contributed by atoms with Gasteiger partial charge in [0.25, 0.3) is 0 Å². The highest BCUT2D eigenvalue weighted by molar-refractivity contribution is 5.04. The molecule has 96 valence electrons. The third kappa shape index (κ3) is 2.19. The van der Waals surface area contributed by atoms with Crippen LogP contribution in [0, 0.1) is 5.41 Å². The molecule has 1 rings (SSSR count). The van der Waals surface area contributed by atoms with Crippen molar-refractivity contribution >= 4 is 0 Å². The molecule has 16 heavy (non-hydrogen) atoms. The summed E-state index contributed by atoms with van der Waals surface area (Å²) in [6, 6.07) is 0. The van der Waals surface area contributed by atoms with Crippen molar-refractivity contribution < 1.29 is 23.0 Å². The first-order valence-electron chi connectivity index (χ1n) is 5.07. The van der Waals surface area contributed by atoms with E-state index in [1.54, 1.807) is 20.8 Å². The minimum Gasteiger partial charge on any atom is -0.378 e. The van der Waals surface area contributed by atoms with Crippen molar-refractivity contribution in [2.75, 3.05) is 20.2 Å². The molecule has 0 aromatic heterocycles. The number of likely N-dealkylation sites (tertiary alicyclic amines) is 1. The van der Waals surface area contributed by atoms with Crippen LogP contribution in [0.3, 0.4) is 0 Å². The van der Waals surface area contributed by atoms with E-state index in [0.717, 1.165) is 7.11 Å². The number of nitrogens with zero attached hydrogens (tertiary/aromatic N) is 1. The van der Waals surface area contributed by atoms with Gasteiger partial charge in [-0.3, -0.25) is 4.90 Å². The average Bonchev–Trinajstić information content (AvgIpc) is 1.98. The number of alkyl halides is 3. The van der Waals surface area contributed by atoms with E-state index in [1.807, 2.05) is 0 Å². The Balaban J connectivity index is 2.66. The summed E-state index contributed by atoms with van der Waals surface area (Å²) in [5.74, 6) is 0. The minimum atomic E-state index is -4.39. The van der Waals surface area contributed by atoms with Gasteiger partial charge in [-0.25, -0.2) is 0 Å². The minimum absolute atomic E-state index is 0.314. The standard InChI is InChI=1S/C10H18F3NO2/c1-8(2,3)7(15)14-5-9(6-14,16-4)10(11,12)13/h7,15H,5-6H2,1-4H3. The Morgan fingerprint density at radius 1 is 1.25 bits per heavy atom. The molecule has 0 aliphatic carbocycles. The van der Waals surface area contributed by atoms with E-state index in [1.165, 1.54) is 4.90 Å². The van der Waals surface area contributed by atoms with E-state index >= 15 is 0 Å². The zero-order valence-corrected chi connectivity index (χ0v) is 9.93. The lowest BCUT2D eigenvalue weighted by Gasteiger charge is -2.53. The van der Waals surface area contributed by atoms with E-state index < -0.39 is 23.4 Å². The third-order valence-corrected chi connectivity index (χ3v) is 2.94. The predicted octanol–water partition coefficient (Wildman–Crippen LogP) is 1.61. The summed E-state index contributed by atoms with van der Waals surface area (Å²) in [6.45, 7) is 4.70. The lowest BCUT2D eigenvalue weighted by atomic mass is 9.86. The Bertz CT molecular complexity index is 254. The van der Waals surface area contributed by atoms with Gasteiger partial charge >= 0.3 is 6.18 Å². The number of hydrogen-bond donors (Lipinski definition) is 1. The van der Waals surface area contributed by atoms with Crippen LogP contribution >= 0.6 is 0 Å². The second kappa shape index (κ2) is 3.85. The van der Waals surface area contributed by atoms with Gasteiger partial charge in [0.2, 0.25) is 0 Å². The summed E-state index contributed by atoms with van der Waals surface area (Å²) in [7, 11) is 1.05. The molecule has 0 bridgehead atoms. The first-order chi connectivity index (χ1) is 7.03. The molecule has 3 nitrogen and oxygen atoms in total. The Morgan fingerprint density at radius 3 is 1.94 bits per heavy atom. The third-order valence-electron chi connectivity index (χ3n) is 2.94. The monoisotopic (exact) mass is 241 g/mol. The van der Waals surface area contributed by atoms with E-state index in [2.05, 4.69) is 4.74 Å². The van der Waals surface area contributed by atoms with Gasteiger partial charge in [0.15, 0.2) is 5.60 Å². The van der Waals surface area contributed by atoms with Crippen LogP contribution < -0.4 is 0 Å². The van der Waals surface area contributed by atoms with E-state index in [9.17, 15) is 18.3 Å². The molecule has 1 heterocycles. The van der Waals surface area contributed by atoms with Crippen molar-refractivity contribution in [1.29, 1.82) is 0 Å². The molecule has 0 amide bonds. The molecule has 0 aromatic rings. The zero-order valence-electron chi connectivity index (χ0n) is 9.93. The lowest BCUT2D eigenvalue weighted by molar-refractivity contribution is -0.328. The van der Waals surface area contributed by atoms with Crippen LogP contribution in [0.25, 0.3) is 0 Å². The Morgan fingerprint density at radius 2 is 1.69 bits per heavy atom. The van der Waals surface area contributed by atoms with Gasteiger partial charge in [0.1, 0.15) is 6.23 Å². The quantitative estimate of drug-likeness (QED) is 0.797. The van der Waals surface area contributed by atoms with Crippen LogP contribution in [-0.2, 0) is 4.74 Å². The van der Waals surface area contributed by atoms with Crippen LogP contribution in [-0.4, -0.2) is 48.2 Å². The van der Waals surface area contributed by atoms with Crippen LogP contribution in [0.1, 0.15) is 20.8 Å². The van der Waals surface area contributed by atoms with Crippen molar-refractivity contribution in [3.05, 3.63) is 0 Å². The molecule has 1 atom stereocenters. The molecule has 0 radical (unpaired) electrons. The van der Waals surface area contributed by atoms with E-state index in [0.29, 0.717) is 0 Å². The van der Waals surface area contributed by atoms with Gasteiger partial charge in [-0.05, 0) is 0 Å². The number of aliphatic hydroxyl groups excluding tert-OH is 1. The molecule has 0 aromatic carbocycles. The second-order valence-corrected chi connectivity index (χ2v) is 5.34. The molecule has 0 spiro atoms. The number of methoxy groups -OCH3 is 1. The SMILES string of the molecule is COC1(C(F)(F)F)CN(C(O)C(C)(C)C)C1. The van der Waals surface area contributed by atoms with Crippen molar-refractivity contribution in [3.63, 3.8) is 0 Å². The van der Waals surface area contributed by atoms with Gasteiger partial charge in [-0.15, -0.1) is 0 Å². The summed E-state index contributed by atoms with van der Waals surface area (Å²) in [5, 5.41) is 9.80. The topological polar surface area (TPSA) is 32.7 Å². The van der Waals surface area contributed by atoms with Gasteiger partial charge in [0.05, 0.1) is 0 Å². The molecule has 6 heteroatoms. The first kappa shape index (κ1) is 13.7. The fourth-order valence-corrected chi connectivity index (χ4v) is 1.75. The molecule has 1 unspecified atom stereocenters. The van der Waals surface area contributed by atoms with Gasteiger partial charge in [-0.1, -0.05) is 20.8 Å². The summed E-state index contributed by atoms with van der Waals surface area (Å²) >= 11 is 0. The maximum absolute atomic E-state index is 12.7. The molecule has 1 N–H and O–H groups in total. The predicted molar refractivity (Wildman–Crippen MR) is 52.8 cm³/mol. The van der Waals surface area contributed by atoms with Crippen molar-refractivity contribution in [2.45, 2.75) is 38.8 Å². The van der Waals surface area contributed by atoms with E-state index in [-0.39, 0.29) is 13.1 Å². The summed E-state index contributed by atoms with van der Waals surface area (Å²) in [5.41, 5.74) is -2.58. The summed E-state index contributed by atoms with van der Waals surface area (Å²) < 4.78 is 42.5. The fraction of sp³-hybridized carbons (Fsp3) is 1.00. The largest absolute Gasteiger partial charge is 0.419 e. The molecule has 1 fully saturated rings. The number of hydrogen-bond acceptors (Lipinski definition) is 3. The van der Waals surface area contributed by atoms with Crippen molar-refractivity contribution in [2.24, 2.45) is 5.41 Å². The van der Waals surface area contributed by atoms with Crippen molar-refractivity contribution in [1.82, 2.24) is 4.90 Å². The number of ether oxygens (including phenoxy) is 1. The highest BCUT2D eigenvalue weighted by atomic mass is 19.4. The van der Waals surface area contributed by atoms with Crippen LogP contribution in [0.5, 0.6) is 0 Å². The van der Waals surface area contributed by atoms with Crippen LogP contribution in [0.4, 0.5) is 13.2 Å². The van der Waals surface area contributed by atoms with Gasteiger partial charge in [-0.2, -0.15) is 13.2 Å². The Kier molecular flexibility index (Phi) is 3.31. The normalized spacial score (nSPS) is 24.0. The number of aliphatic hydroxyl groups is 1. The maximum Gasteiger partial charge on any atom is 0.419 e. The first-order valence-corrected chi connectivity index (χ1v) is 5.07. The smallest absolute Gasteiger partial charge is 0.378 e. The van der Waals surface area contributed by atoms with Crippen LogP contribution in [0.2, 0.25) is 0 Å². The average molecular weight is 241 g/mol. The molecular formula is C10H18F3NO2. The second-order valence-electron chi connectivity index (χ2n) is 5.34. The molecule has 1 aliphatic rings. The summed E-state index contributed by atoms with van der Waals surface area (Å²) in [6.07, 6.45) is -5.28. The summed E-state index contributed by atoms with van der Waals surface area (Å²) in [4.78, 5) is 1.37. The Hall–Kier alpha value is -0.330. The number of rotatable bonds is 2. The van der Waals surface area contributed by atoms with Gasteiger partial charge in [0, 0.05) is 25.6 Å². The van der Waals surface area contributed by atoms with Crippen molar-refractivity contribution in [3.8, 4) is 0 Å². The molecule has 0 saturated carbocycles. The highest BCUT2D eigenvalue weighted by Gasteiger charge is 2.64. The molecular weight excluding hydrogens is 223 g/mol. The molecule has 1 aliphatic heterocycles. The maximum atomic E-state index is 12.7. The fourth-order valence-electron chi connectivity index (χ4n) is 1.75. The lowest BCUT2D eigenvalue weighted by Crippen LogP contribution is -2.73.